The van der Waals surface area contributed by atoms with E-state index in [4.69, 9.17) is 0 Å². The molecular formula is C8H12N2Si. The van der Waals surface area contributed by atoms with Crippen LogP contribution in [-0.2, 0) is 0 Å². The third-order valence-corrected chi connectivity index (χ3v) is 4.08. The lowest BCUT2D eigenvalue weighted by atomic mass is 10.7. The maximum atomic E-state index is 4.20. The van der Waals surface area contributed by atoms with Crippen LogP contribution in [0.1, 0.15) is 0 Å². The Balaban J connectivity index is 3.02. The van der Waals surface area contributed by atoms with Crippen LogP contribution in [0.3, 0.4) is 0 Å². The molecule has 0 aromatic carbocycles. The second kappa shape index (κ2) is 2.96. The van der Waals surface area contributed by atoms with E-state index >= 15 is 0 Å². The van der Waals surface area contributed by atoms with Crippen LogP contribution >= 0.6 is 0 Å². The highest BCUT2D eigenvalue weighted by Crippen LogP contribution is 1.98. The summed E-state index contributed by atoms with van der Waals surface area (Å²) in [4.78, 5) is 8.40. The Kier molecular flexibility index (Phi) is 2.19. The van der Waals surface area contributed by atoms with Crippen molar-refractivity contribution >= 4 is 13.5 Å². The van der Waals surface area contributed by atoms with Gasteiger partial charge in [-0.15, -0.1) is 6.58 Å². The first kappa shape index (κ1) is 8.14. The SMILES string of the molecule is C=C[Si](C)(C)c1ncccn1. The summed E-state index contributed by atoms with van der Waals surface area (Å²) in [6.07, 6.45) is 3.56. The van der Waals surface area contributed by atoms with Gasteiger partial charge in [-0.3, -0.25) is 0 Å². The van der Waals surface area contributed by atoms with Crippen LogP contribution in [0, 0.1) is 0 Å². The van der Waals surface area contributed by atoms with Gasteiger partial charge in [-0.2, -0.15) is 0 Å². The molecule has 0 N–H and O–H groups in total. The van der Waals surface area contributed by atoms with E-state index in [1.165, 1.54) is 0 Å². The molecule has 0 aliphatic carbocycles. The van der Waals surface area contributed by atoms with Gasteiger partial charge in [0, 0.05) is 12.4 Å². The maximum absolute atomic E-state index is 4.20. The molecule has 0 unspecified atom stereocenters. The van der Waals surface area contributed by atoms with Gasteiger partial charge in [-0.1, -0.05) is 18.8 Å². The van der Waals surface area contributed by atoms with Gasteiger partial charge in [0.05, 0.1) is 0 Å². The van der Waals surface area contributed by atoms with E-state index in [1.807, 2.05) is 11.8 Å². The molecule has 0 amide bonds. The maximum Gasteiger partial charge on any atom is 0.151 e. The van der Waals surface area contributed by atoms with Crippen LogP contribution in [0.25, 0.3) is 0 Å². The lowest BCUT2D eigenvalue weighted by Gasteiger charge is -2.13. The Hall–Kier alpha value is -0.963. The van der Waals surface area contributed by atoms with E-state index < -0.39 is 8.07 Å². The van der Waals surface area contributed by atoms with Crippen molar-refractivity contribution in [2.75, 3.05) is 0 Å². The molecule has 11 heavy (non-hydrogen) atoms. The van der Waals surface area contributed by atoms with Crippen molar-refractivity contribution in [2.45, 2.75) is 13.1 Å². The van der Waals surface area contributed by atoms with Gasteiger partial charge in [0.1, 0.15) is 5.45 Å². The smallest absolute Gasteiger partial charge is 0.151 e. The molecule has 0 fully saturated rings. The van der Waals surface area contributed by atoms with Gasteiger partial charge in [0.25, 0.3) is 0 Å². The van der Waals surface area contributed by atoms with Crippen molar-refractivity contribution in [3.63, 3.8) is 0 Å². The summed E-state index contributed by atoms with van der Waals surface area (Å²) in [5.41, 5.74) is 2.94. The molecule has 1 rings (SSSR count). The highest BCUT2D eigenvalue weighted by molar-refractivity contribution is 6.92. The second-order valence-corrected chi connectivity index (χ2v) is 7.30. The minimum atomic E-state index is -1.51. The molecule has 58 valence electrons. The molecule has 0 saturated carbocycles. The zero-order chi connectivity index (χ0) is 8.32. The number of rotatable bonds is 2. The summed E-state index contributed by atoms with van der Waals surface area (Å²) in [6.45, 7) is 8.14. The van der Waals surface area contributed by atoms with Crippen molar-refractivity contribution in [1.82, 2.24) is 9.97 Å². The lowest BCUT2D eigenvalue weighted by Crippen LogP contribution is -2.43. The molecule has 3 heteroatoms. The van der Waals surface area contributed by atoms with Crippen LogP contribution in [0.5, 0.6) is 0 Å². The van der Waals surface area contributed by atoms with Crippen molar-refractivity contribution in [3.05, 3.63) is 30.7 Å². The van der Waals surface area contributed by atoms with Crippen LogP contribution in [0.4, 0.5) is 0 Å². The summed E-state index contributed by atoms with van der Waals surface area (Å²) in [7, 11) is -1.51. The molecule has 0 bridgehead atoms. The number of hydrogen-bond acceptors (Lipinski definition) is 2. The first-order valence-corrected chi connectivity index (χ1v) is 6.65. The van der Waals surface area contributed by atoms with Gasteiger partial charge < -0.3 is 0 Å². The monoisotopic (exact) mass is 164 g/mol. The Morgan fingerprint density at radius 1 is 1.36 bits per heavy atom. The highest BCUT2D eigenvalue weighted by atomic mass is 28.3. The molecule has 0 radical (unpaired) electrons. The molecule has 1 aromatic heterocycles. The number of nitrogens with zero attached hydrogens (tertiary/aromatic N) is 2. The summed E-state index contributed by atoms with van der Waals surface area (Å²) in [6, 6.07) is 1.83. The standard InChI is InChI=1S/C8H12N2Si/c1-4-11(2,3)8-9-6-5-7-10-8/h4-7H,1H2,2-3H3. The van der Waals surface area contributed by atoms with E-state index in [0.717, 1.165) is 5.45 Å². The van der Waals surface area contributed by atoms with E-state index in [0.29, 0.717) is 0 Å². The molecule has 2 nitrogen and oxygen atoms in total. The van der Waals surface area contributed by atoms with Gasteiger partial charge in [0.2, 0.25) is 0 Å². The third-order valence-electron chi connectivity index (χ3n) is 1.65. The number of hydrogen-bond donors (Lipinski definition) is 0. The first-order valence-electron chi connectivity index (χ1n) is 3.58. The van der Waals surface area contributed by atoms with Crippen molar-refractivity contribution in [1.29, 1.82) is 0 Å². The van der Waals surface area contributed by atoms with Gasteiger partial charge >= 0.3 is 0 Å². The second-order valence-electron chi connectivity index (χ2n) is 3.00. The van der Waals surface area contributed by atoms with Gasteiger partial charge in [0.15, 0.2) is 8.07 Å². The minimum absolute atomic E-state index is 0.954. The Bertz CT molecular complexity index is 244. The largest absolute Gasteiger partial charge is 0.246 e. The van der Waals surface area contributed by atoms with Gasteiger partial charge in [-0.05, 0) is 6.07 Å². The predicted molar refractivity (Wildman–Crippen MR) is 49.3 cm³/mol. The zero-order valence-corrected chi connectivity index (χ0v) is 7.91. The van der Waals surface area contributed by atoms with E-state index in [2.05, 4.69) is 29.6 Å². The van der Waals surface area contributed by atoms with Crippen LogP contribution in [0.15, 0.2) is 30.7 Å². The molecule has 1 aromatic rings. The van der Waals surface area contributed by atoms with Crippen molar-refractivity contribution in [3.8, 4) is 0 Å². The molecule has 1 heterocycles. The first-order chi connectivity index (χ1) is 5.17. The van der Waals surface area contributed by atoms with Crippen molar-refractivity contribution < 1.29 is 0 Å². The predicted octanol–water partition coefficient (Wildman–Crippen LogP) is 1.12. The fourth-order valence-corrected chi connectivity index (χ4v) is 1.72. The molecule has 0 aliphatic heterocycles. The number of aromatic nitrogens is 2. The molecular weight excluding hydrogens is 152 g/mol. The minimum Gasteiger partial charge on any atom is -0.246 e. The highest BCUT2D eigenvalue weighted by Gasteiger charge is 2.21. The van der Waals surface area contributed by atoms with Crippen LogP contribution in [-0.4, -0.2) is 18.0 Å². The van der Waals surface area contributed by atoms with Crippen LogP contribution in [0.2, 0.25) is 13.1 Å². The van der Waals surface area contributed by atoms with E-state index in [1.54, 1.807) is 12.4 Å². The molecule has 0 spiro atoms. The fourth-order valence-electron chi connectivity index (χ4n) is 0.723. The quantitative estimate of drug-likeness (QED) is 0.612. The van der Waals surface area contributed by atoms with Crippen LogP contribution < -0.4 is 5.45 Å². The fraction of sp³-hybridized carbons (Fsp3) is 0.250. The summed E-state index contributed by atoms with van der Waals surface area (Å²) >= 11 is 0. The third kappa shape index (κ3) is 1.74. The molecule has 0 atom stereocenters. The van der Waals surface area contributed by atoms with Gasteiger partial charge in [-0.25, -0.2) is 9.97 Å². The molecule has 0 saturated heterocycles. The molecule has 0 aliphatic rings. The summed E-state index contributed by atoms with van der Waals surface area (Å²) in [5.74, 6) is 0. The lowest BCUT2D eigenvalue weighted by molar-refractivity contribution is 1.22. The summed E-state index contributed by atoms with van der Waals surface area (Å²) < 4.78 is 0. The van der Waals surface area contributed by atoms with E-state index in [-0.39, 0.29) is 0 Å². The average molecular weight is 164 g/mol. The Labute approximate surface area is 68.0 Å². The topological polar surface area (TPSA) is 25.8 Å². The Morgan fingerprint density at radius 3 is 2.36 bits per heavy atom. The average Bonchev–Trinajstić information content (AvgIpc) is 2.06. The normalized spacial score (nSPS) is 11.1. The zero-order valence-electron chi connectivity index (χ0n) is 6.91. The Morgan fingerprint density at radius 2 is 1.91 bits per heavy atom. The van der Waals surface area contributed by atoms with Crippen molar-refractivity contribution in [2.24, 2.45) is 0 Å². The van der Waals surface area contributed by atoms with E-state index in [9.17, 15) is 0 Å². The summed E-state index contributed by atoms with van der Waals surface area (Å²) in [5, 5.41) is 0.